The Labute approximate surface area is 177 Å². The minimum atomic E-state index is -0.525. The van der Waals surface area contributed by atoms with Gasteiger partial charge in [0.25, 0.3) is 11.8 Å². The number of halogens is 1. The van der Waals surface area contributed by atoms with Gasteiger partial charge in [0.2, 0.25) is 0 Å². The maximum atomic E-state index is 13.0. The number of nitrogens with one attached hydrogen (secondary N) is 1. The number of aromatic nitrogens is 1. The summed E-state index contributed by atoms with van der Waals surface area (Å²) in [6, 6.07) is 18.0. The number of carbonyl (C=O) groups excluding carboxylic acids is 2. The molecule has 5 nitrogen and oxygen atoms in total. The summed E-state index contributed by atoms with van der Waals surface area (Å²) in [5, 5.41) is 3.14. The molecule has 1 aliphatic rings. The van der Waals surface area contributed by atoms with Gasteiger partial charge < -0.3 is 0 Å². The first-order valence-electron chi connectivity index (χ1n) is 8.70. The zero-order valence-corrected chi connectivity index (χ0v) is 16.6. The second-order valence-corrected chi connectivity index (χ2v) is 7.12. The van der Waals surface area contributed by atoms with Crippen LogP contribution < -0.4 is 10.2 Å². The average molecular weight is 420 g/mol. The van der Waals surface area contributed by atoms with Crippen LogP contribution in [0.5, 0.6) is 0 Å². The van der Waals surface area contributed by atoms with Crippen LogP contribution in [0.1, 0.15) is 5.56 Å². The van der Waals surface area contributed by atoms with Crippen molar-refractivity contribution < 1.29 is 9.59 Å². The second-order valence-electron chi connectivity index (χ2n) is 6.29. The summed E-state index contributed by atoms with van der Waals surface area (Å²) in [4.78, 5) is 30.7. The molecule has 0 unspecified atom stereocenters. The summed E-state index contributed by atoms with van der Waals surface area (Å²) in [6.07, 6.45) is 5.01. The van der Waals surface area contributed by atoms with Gasteiger partial charge in [-0.25, -0.2) is 0 Å². The van der Waals surface area contributed by atoms with E-state index in [0.29, 0.717) is 10.7 Å². The van der Waals surface area contributed by atoms with Gasteiger partial charge in [-0.2, -0.15) is 0 Å². The number of benzene rings is 2. The Morgan fingerprint density at radius 3 is 2.17 bits per heavy atom. The fourth-order valence-electron chi connectivity index (χ4n) is 2.96. The molecule has 0 aliphatic carbocycles. The van der Waals surface area contributed by atoms with Crippen molar-refractivity contribution in [2.75, 3.05) is 4.90 Å². The smallest absolute Gasteiger partial charge is 0.270 e. The Kier molecular flexibility index (Phi) is 5.20. The predicted octanol–water partition coefficient (Wildman–Crippen LogP) is 4.23. The maximum Gasteiger partial charge on any atom is 0.270 e. The second kappa shape index (κ2) is 7.95. The van der Waals surface area contributed by atoms with Gasteiger partial charge in [0.05, 0.1) is 5.69 Å². The SMILES string of the molecule is O=C1NC(=S)N(c2ccc(Cl)cc2)C(=O)C1=Cc1ccc(-c2ccncc2)cc1. The molecule has 0 saturated carbocycles. The molecule has 1 N–H and O–H groups in total. The lowest BCUT2D eigenvalue weighted by Crippen LogP contribution is -2.54. The summed E-state index contributed by atoms with van der Waals surface area (Å²) in [5.41, 5.74) is 3.31. The Hall–Kier alpha value is -3.35. The Balaban J connectivity index is 1.65. The normalized spacial score (nSPS) is 15.6. The molecule has 2 aromatic carbocycles. The highest BCUT2D eigenvalue weighted by molar-refractivity contribution is 7.80. The van der Waals surface area contributed by atoms with Crippen LogP contribution in [0.2, 0.25) is 5.02 Å². The van der Waals surface area contributed by atoms with Crippen molar-refractivity contribution in [2.24, 2.45) is 0 Å². The average Bonchev–Trinajstić information content (AvgIpc) is 2.73. The summed E-state index contributed by atoms with van der Waals surface area (Å²) in [6.45, 7) is 0. The van der Waals surface area contributed by atoms with Crippen LogP contribution in [0.15, 0.2) is 78.6 Å². The number of hydrogen-bond acceptors (Lipinski definition) is 4. The highest BCUT2D eigenvalue weighted by atomic mass is 35.5. The molecule has 1 saturated heterocycles. The van der Waals surface area contributed by atoms with Crippen LogP contribution in [0.3, 0.4) is 0 Å². The van der Waals surface area contributed by atoms with E-state index in [1.54, 1.807) is 42.7 Å². The number of pyridine rings is 1. The van der Waals surface area contributed by atoms with E-state index in [4.69, 9.17) is 23.8 Å². The van der Waals surface area contributed by atoms with E-state index in [2.05, 4.69) is 10.3 Å². The number of thiocarbonyl (C=S) groups is 1. The highest BCUT2D eigenvalue weighted by Crippen LogP contribution is 2.24. The molecule has 142 valence electrons. The molecule has 2 heterocycles. The minimum absolute atomic E-state index is 0.00483. The molecule has 0 atom stereocenters. The van der Waals surface area contributed by atoms with Crippen molar-refractivity contribution in [3.63, 3.8) is 0 Å². The summed E-state index contributed by atoms with van der Waals surface area (Å²) in [7, 11) is 0. The first-order valence-corrected chi connectivity index (χ1v) is 9.49. The third-order valence-electron chi connectivity index (χ3n) is 4.42. The van der Waals surface area contributed by atoms with E-state index in [-0.39, 0.29) is 10.7 Å². The number of hydrogen-bond donors (Lipinski definition) is 1. The zero-order valence-electron chi connectivity index (χ0n) is 15.0. The van der Waals surface area contributed by atoms with E-state index in [0.717, 1.165) is 16.7 Å². The van der Waals surface area contributed by atoms with Crippen molar-refractivity contribution in [3.05, 3.63) is 89.2 Å². The lowest BCUT2D eigenvalue weighted by Gasteiger charge is -2.28. The number of nitrogens with zero attached hydrogens (tertiary/aromatic N) is 2. The van der Waals surface area contributed by atoms with Gasteiger partial charge in [0, 0.05) is 17.4 Å². The highest BCUT2D eigenvalue weighted by Gasteiger charge is 2.34. The van der Waals surface area contributed by atoms with E-state index >= 15 is 0 Å². The molecule has 1 aliphatic heterocycles. The molecule has 7 heteroatoms. The topological polar surface area (TPSA) is 62.3 Å². The lowest BCUT2D eigenvalue weighted by atomic mass is 10.0. The lowest BCUT2D eigenvalue weighted by molar-refractivity contribution is -0.122. The molecule has 4 rings (SSSR count). The van der Waals surface area contributed by atoms with Gasteiger partial charge in [-0.1, -0.05) is 35.9 Å². The van der Waals surface area contributed by atoms with E-state index in [1.165, 1.54) is 4.90 Å². The van der Waals surface area contributed by atoms with E-state index in [9.17, 15) is 9.59 Å². The summed E-state index contributed by atoms with van der Waals surface area (Å²) >= 11 is 11.1. The van der Waals surface area contributed by atoms with Crippen molar-refractivity contribution in [1.29, 1.82) is 0 Å². The van der Waals surface area contributed by atoms with Gasteiger partial charge >= 0.3 is 0 Å². The Morgan fingerprint density at radius 1 is 0.897 bits per heavy atom. The van der Waals surface area contributed by atoms with E-state index in [1.807, 2.05) is 36.4 Å². The van der Waals surface area contributed by atoms with Gasteiger partial charge in [0.15, 0.2) is 5.11 Å². The van der Waals surface area contributed by atoms with Crippen LogP contribution >= 0.6 is 23.8 Å². The van der Waals surface area contributed by atoms with Crippen LogP contribution in [0, 0.1) is 0 Å². The van der Waals surface area contributed by atoms with Crippen LogP contribution in [0.4, 0.5) is 5.69 Å². The van der Waals surface area contributed by atoms with Crippen molar-refractivity contribution in [2.45, 2.75) is 0 Å². The summed E-state index contributed by atoms with van der Waals surface area (Å²) < 4.78 is 0. The fraction of sp³-hybridized carbons (Fsp3) is 0. The molecule has 0 radical (unpaired) electrons. The first-order chi connectivity index (χ1) is 14.0. The molecule has 0 spiro atoms. The van der Waals surface area contributed by atoms with Crippen molar-refractivity contribution >= 4 is 52.5 Å². The van der Waals surface area contributed by atoms with E-state index < -0.39 is 11.8 Å². The van der Waals surface area contributed by atoms with Gasteiger partial charge in [-0.3, -0.25) is 24.8 Å². The standard InChI is InChI=1S/C22H14ClN3O2S/c23-17-5-7-18(8-6-17)26-21(28)19(20(27)25-22(26)29)13-14-1-3-15(4-2-14)16-9-11-24-12-10-16/h1-13H,(H,25,27,29). The molecular formula is C22H14ClN3O2S. The van der Waals surface area contributed by atoms with Crippen molar-refractivity contribution in [1.82, 2.24) is 10.3 Å². The van der Waals surface area contributed by atoms with Gasteiger partial charge in [-0.05, 0) is 71.4 Å². The van der Waals surface area contributed by atoms with Crippen LogP contribution in [0.25, 0.3) is 17.2 Å². The zero-order chi connectivity index (χ0) is 20.4. The molecule has 1 aromatic heterocycles. The summed E-state index contributed by atoms with van der Waals surface area (Å²) in [5.74, 6) is -1.01. The first kappa shape index (κ1) is 19.0. The number of anilines is 1. The Bertz CT molecular complexity index is 1130. The van der Waals surface area contributed by atoms with Crippen molar-refractivity contribution in [3.8, 4) is 11.1 Å². The maximum absolute atomic E-state index is 13.0. The minimum Gasteiger partial charge on any atom is -0.298 e. The van der Waals surface area contributed by atoms with Gasteiger partial charge in [0.1, 0.15) is 5.57 Å². The molecular weight excluding hydrogens is 406 g/mol. The van der Waals surface area contributed by atoms with Crippen LogP contribution in [-0.4, -0.2) is 21.9 Å². The molecule has 29 heavy (non-hydrogen) atoms. The molecule has 3 aromatic rings. The van der Waals surface area contributed by atoms with Gasteiger partial charge in [-0.15, -0.1) is 0 Å². The molecule has 2 amide bonds. The Morgan fingerprint density at radius 2 is 1.52 bits per heavy atom. The number of rotatable bonds is 3. The fourth-order valence-corrected chi connectivity index (χ4v) is 3.37. The third kappa shape index (κ3) is 3.94. The third-order valence-corrected chi connectivity index (χ3v) is 4.96. The molecule has 1 fully saturated rings. The number of amides is 2. The predicted molar refractivity (Wildman–Crippen MR) is 117 cm³/mol. The molecule has 0 bridgehead atoms. The monoisotopic (exact) mass is 419 g/mol. The van der Waals surface area contributed by atoms with Crippen LogP contribution in [-0.2, 0) is 9.59 Å². The quantitative estimate of drug-likeness (QED) is 0.392. The number of carbonyl (C=O) groups is 2. The largest absolute Gasteiger partial charge is 0.298 e.